The number of nitrogens with one attached hydrogen (secondary N) is 1. The topological polar surface area (TPSA) is 106 Å². The van der Waals surface area contributed by atoms with Gasteiger partial charge in [0.05, 0.1) is 29.4 Å². The summed E-state index contributed by atoms with van der Waals surface area (Å²) in [5, 5.41) is 5.68. The van der Waals surface area contributed by atoms with Gasteiger partial charge >= 0.3 is 12.4 Å². The molecule has 3 atom stereocenters. The number of nitrogens with two attached hydrogens (primary N) is 1. The smallest absolute Gasteiger partial charge is 0.382 e. The molecule has 1 fully saturated rings. The molecule has 2 aromatic heterocycles. The van der Waals surface area contributed by atoms with E-state index < -0.39 is 101 Å². The van der Waals surface area contributed by atoms with Crippen molar-refractivity contribution in [2.75, 3.05) is 18.8 Å². The average molecular weight is 568 g/mol. The van der Waals surface area contributed by atoms with Crippen molar-refractivity contribution in [2.45, 2.75) is 31.5 Å². The highest BCUT2D eigenvalue weighted by Crippen LogP contribution is 2.39. The van der Waals surface area contributed by atoms with Crippen LogP contribution in [-0.2, 0) is 11.0 Å². The van der Waals surface area contributed by atoms with Crippen LogP contribution in [0.25, 0.3) is 16.8 Å². The molecule has 2 amide bonds. The van der Waals surface area contributed by atoms with Crippen LogP contribution in [0, 0.1) is 17.6 Å². The number of carbonyl (C=O) groups is 2. The van der Waals surface area contributed by atoms with E-state index in [0.29, 0.717) is 28.5 Å². The van der Waals surface area contributed by atoms with Gasteiger partial charge in [0.25, 0.3) is 5.91 Å². The zero-order valence-electron chi connectivity index (χ0n) is 19.5. The molecule has 3 aromatic rings. The number of nitrogens with zero attached hydrogens (tertiary/aromatic N) is 4. The van der Waals surface area contributed by atoms with Gasteiger partial charge in [0.2, 0.25) is 5.91 Å². The van der Waals surface area contributed by atoms with Gasteiger partial charge < -0.3 is 16.0 Å². The largest absolute Gasteiger partial charge is 0.418 e. The molecule has 3 N–H and O–H groups in total. The number of nitrogen functional groups attached to an aromatic ring is 1. The molecule has 17 heteroatoms. The molecule has 0 saturated carbocycles. The Balaban J connectivity index is 1.66. The van der Waals surface area contributed by atoms with E-state index in [-0.39, 0.29) is 6.07 Å². The molecule has 1 aromatic carbocycles. The summed E-state index contributed by atoms with van der Waals surface area (Å²) in [7, 11) is 0. The molecule has 4 rings (SSSR count). The molecule has 0 aliphatic carbocycles. The van der Waals surface area contributed by atoms with Crippen LogP contribution in [0.3, 0.4) is 0 Å². The third-order valence-electron chi connectivity index (χ3n) is 6.20. The van der Waals surface area contributed by atoms with Crippen molar-refractivity contribution in [3.63, 3.8) is 0 Å². The van der Waals surface area contributed by atoms with Crippen LogP contribution in [0.15, 0.2) is 24.5 Å². The Morgan fingerprint density at radius 1 is 1.08 bits per heavy atom. The van der Waals surface area contributed by atoms with E-state index in [1.807, 2.05) is 5.32 Å². The molecule has 39 heavy (non-hydrogen) atoms. The van der Waals surface area contributed by atoms with Crippen LogP contribution in [0.5, 0.6) is 0 Å². The van der Waals surface area contributed by atoms with Crippen LogP contribution in [0.1, 0.15) is 22.8 Å². The number of carbonyl (C=O) groups excluding carboxylic acids is 2. The van der Waals surface area contributed by atoms with Gasteiger partial charge in [0.15, 0.2) is 5.82 Å². The number of likely N-dealkylation sites (tertiary alicyclic amines) is 1. The minimum absolute atomic E-state index is 0.212. The Labute approximate surface area is 212 Å². The maximum Gasteiger partial charge on any atom is 0.418 e. The SMILES string of the molecule is CC(C(=O)N1C[C@H](F)[C@H](NC(=O)c2cc(-c3cc(C(F)(F)F)c4c(N)ncnn34)c(F)cc2F)C1)C(F)(F)F. The summed E-state index contributed by atoms with van der Waals surface area (Å²) >= 11 is 0. The number of fused-ring (bicyclic) bond motifs is 1. The first-order chi connectivity index (χ1) is 18.0. The van der Waals surface area contributed by atoms with Crippen LogP contribution in [-0.4, -0.2) is 62.8 Å². The van der Waals surface area contributed by atoms with Gasteiger partial charge in [-0.05, 0) is 19.1 Å². The third-order valence-corrected chi connectivity index (χ3v) is 6.20. The molecular weight excluding hydrogens is 551 g/mol. The van der Waals surface area contributed by atoms with E-state index in [1.54, 1.807) is 0 Å². The van der Waals surface area contributed by atoms with Gasteiger partial charge in [-0.25, -0.2) is 22.7 Å². The zero-order valence-corrected chi connectivity index (χ0v) is 19.5. The Bertz CT molecular complexity index is 1450. The Morgan fingerprint density at radius 3 is 2.36 bits per heavy atom. The second kappa shape index (κ2) is 9.60. The van der Waals surface area contributed by atoms with Gasteiger partial charge in [0.1, 0.15) is 35.6 Å². The van der Waals surface area contributed by atoms with Crippen molar-refractivity contribution in [3.05, 3.63) is 47.3 Å². The summed E-state index contributed by atoms with van der Waals surface area (Å²) in [6.07, 6.45) is -11.1. The molecular formula is C22H17F9N6O2. The number of hydrogen-bond donors (Lipinski definition) is 2. The number of benzene rings is 1. The van der Waals surface area contributed by atoms with Gasteiger partial charge in [-0.15, -0.1) is 0 Å². The van der Waals surface area contributed by atoms with Gasteiger partial charge in [0, 0.05) is 18.2 Å². The lowest BCUT2D eigenvalue weighted by atomic mass is 10.0. The predicted octanol–water partition coefficient (Wildman–Crippen LogP) is 3.75. The van der Waals surface area contributed by atoms with Crippen LogP contribution < -0.4 is 11.1 Å². The summed E-state index contributed by atoms with van der Waals surface area (Å²) < 4.78 is 124. The van der Waals surface area contributed by atoms with E-state index in [9.17, 15) is 49.1 Å². The van der Waals surface area contributed by atoms with E-state index in [1.165, 1.54) is 0 Å². The monoisotopic (exact) mass is 568 g/mol. The summed E-state index contributed by atoms with van der Waals surface area (Å²) in [6.45, 7) is -0.861. The lowest BCUT2D eigenvalue weighted by Crippen LogP contribution is -2.43. The molecule has 0 spiro atoms. The highest BCUT2D eigenvalue weighted by Gasteiger charge is 2.46. The van der Waals surface area contributed by atoms with E-state index >= 15 is 0 Å². The molecule has 0 bridgehead atoms. The molecule has 3 heterocycles. The van der Waals surface area contributed by atoms with Crippen LogP contribution in [0.4, 0.5) is 45.3 Å². The summed E-state index contributed by atoms with van der Waals surface area (Å²) in [5.41, 5.74) is 1.29. The van der Waals surface area contributed by atoms with Gasteiger partial charge in [-0.1, -0.05) is 0 Å². The first-order valence-corrected chi connectivity index (χ1v) is 11.0. The maximum atomic E-state index is 14.8. The zero-order chi connectivity index (χ0) is 29.0. The Hall–Kier alpha value is -4.05. The number of hydrogen-bond acceptors (Lipinski definition) is 5. The predicted molar refractivity (Wildman–Crippen MR) is 116 cm³/mol. The molecule has 1 aliphatic rings. The minimum atomic E-state index is -4.98. The standard InChI is InChI=1S/C22H17F9N6O2/c1-8(21(26,27)28)20(39)36-5-14(25)15(6-36)35-19(38)10-2-9(12(23)4-13(10)24)16-3-11(22(29,30)31)17-18(32)33-7-34-37(16)17/h2-4,7-8,14-15H,5-6H2,1H3,(H,35,38)(H2,32,33,34)/t8?,14-,15+/m0/s1. The second-order valence-corrected chi connectivity index (χ2v) is 8.76. The molecule has 210 valence electrons. The number of amides is 2. The lowest BCUT2D eigenvalue weighted by molar-refractivity contribution is -0.185. The summed E-state index contributed by atoms with van der Waals surface area (Å²) in [5.74, 6) is -8.67. The Kier molecular flexibility index (Phi) is 6.89. The van der Waals surface area contributed by atoms with Crippen molar-refractivity contribution >= 4 is 23.1 Å². The fourth-order valence-electron chi connectivity index (χ4n) is 4.14. The number of alkyl halides is 7. The van der Waals surface area contributed by atoms with Gasteiger partial charge in [-0.2, -0.15) is 31.4 Å². The molecule has 8 nitrogen and oxygen atoms in total. The quantitative estimate of drug-likeness (QED) is 0.467. The second-order valence-electron chi connectivity index (χ2n) is 8.76. The van der Waals surface area contributed by atoms with Crippen LogP contribution in [0.2, 0.25) is 0 Å². The summed E-state index contributed by atoms with van der Waals surface area (Å²) in [6, 6.07) is -0.299. The summed E-state index contributed by atoms with van der Waals surface area (Å²) in [4.78, 5) is 28.8. The molecule has 0 radical (unpaired) electrons. The Morgan fingerprint density at radius 2 is 1.74 bits per heavy atom. The number of anilines is 1. The highest BCUT2D eigenvalue weighted by atomic mass is 19.4. The number of rotatable bonds is 4. The third kappa shape index (κ3) is 5.16. The van der Waals surface area contributed by atoms with Crippen molar-refractivity contribution in [1.29, 1.82) is 0 Å². The fraction of sp³-hybridized carbons (Fsp3) is 0.364. The van der Waals surface area contributed by atoms with Crippen molar-refractivity contribution in [1.82, 2.24) is 24.8 Å². The maximum absolute atomic E-state index is 14.8. The van der Waals surface area contributed by atoms with Crippen molar-refractivity contribution in [3.8, 4) is 11.3 Å². The van der Waals surface area contributed by atoms with E-state index in [0.717, 1.165) is 6.33 Å². The molecule has 1 aliphatic heterocycles. The van der Waals surface area contributed by atoms with E-state index in [4.69, 9.17) is 5.73 Å². The average Bonchev–Trinajstić information content (AvgIpc) is 3.39. The van der Waals surface area contributed by atoms with Crippen LogP contribution >= 0.6 is 0 Å². The lowest BCUT2D eigenvalue weighted by Gasteiger charge is -2.22. The van der Waals surface area contributed by atoms with E-state index in [2.05, 4.69) is 10.1 Å². The minimum Gasteiger partial charge on any atom is -0.382 e. The fourth-order valence-corrected chi connectivity index (χ4v) is 4.14. The number of aromatic nitrogens is 3. The van der Waals surface area contributed by atoms with Crippen molar-refractivity contribution in [2.24, 2.45) is 5.92 Å². The van der Waals surface area contributed by atoms with Crippen molar-refractivity contribution < 1.29 is 49.1 Å². The first-order valence-electron chi connectivity index (χ1n) is 11.0. The molecule has 1 unspecified atom stereocenters. The molecule has 1 saturated heterocycles. The van der Waals surface area contributed by atoms with Gasteiger partial charge in [-0.3, -0.25) is 9.59 Å². The first kappa shape index (κ1) is 28.0. The number of halogens is 9. The highest BCUT2D eigenvalue weighted by molar-refractivity contribution is 5.96. The normalized spacial score (nSPS) is 19.0.